The van der Waals surface area contributed by atoms with Gasteiger partial charge in [-0.25, -0.2) is 0 Å². The quantitative estimate of drug-likeness (QED) is 0.671. The third-order valence-corrected chi connectivity index (χ3v) is 3.50. The van der Waals surface area contributed by atoms with Crippen LogP contribution in [0.2, 0.25) is 0 Å². The third kappa shape index (κ3) is 4.61. The van der Waals surface area contributed by atoms with Gasteiger partial charge in [-0.3, -0.25) is 4.79 Å². The van der Waals surface area contributed by atoms with E-state index in [-0.39, 0.29) is 18.3 Å². The molecule has 0 fully saturated rings. The largest absolute Gasteiger partial charge is 0.398 e. The second kappa shape index (κ2) is 8.25. The monoisotopic (exact) mass is 312 g/mol. The Bertz CT molecular complexity index is 477. The van der Waals surface area contributed by atoms with Gasteiger partial charge in [0, 0.05) is 24.5 Å². The van der Waals surface area contributed by atoms with Gasteiger partial charge in [0.15, 0.2) is 0 Å². The second-order valence-electron chi connectivity index (χ2n) is 5.71. The Kier molecular flexibility index (Phi) is 6.99. The summed E-state index contributed by atoms with van der Waals surface area (Å²) in [6.07, 6.45) is 2.36. The molecule has 0 unspecified atom stereocenters. The number of carbonyl (C=O) groups excluding carboxylic acids is 1. The van der Waals surface area contributed by atoms with Gasteiger partial charge in [0.2, 0.25) is 5.91 Å². The van der Waals surface area contributed by atoms with Crippen LogP contribution in [0.3, 0.4) is 0 Å². The first-order valence-corrected chi connectivity index (χ1v) is 7.35. The van der Waals surface area contributed by atoms with Gasteiger partial charge in [0.25, 0.3) is 0 Å². The summed E-state index contributed by atoms with van der Waals surface area (Å²) < 4.78 is 5.50. The first-order valence-electron chi connectivity index (χ1n) is 7.35. The Balaban J connectivity index is 0.00000220. The predicted molar refractivity (Wildman–Crippen MR) is 89.1 cm³/mol. The minimum atomic E-state index is 0. The number of carbonyl (C=O) groups is 1. The van der Waals surface area contributed by atoms with Gasteiger partial charge >= 0.3 is 0 Å². The van der Waals surface area contributed by atoms with Crippen LogP contribution >= 0.6 is 12.4 Å². The fourth-order valence-corrected chi connectivity index (χ4v) is 2.52. The maximum atomic E-state index is 12.3. The SMILES string of the molecule is CC(C)COCCC(=O)N1CCCc2c(N)cccc21.Cl. The smallest absolute Gasteiger partial charge is 0.229 e. The van der Waals surface area contributed by atoms with Crippen molar-refractivity contribution < 1.29 is 9.53 Å². The Morgan fingerprint density at radius 1 is 1.43 bits per heavy atom. The highest BCUT2D eigenvalue weighted by Crippen LogP contribution is 2.31. The van der Waals surface area contributed by atoms with E-state index < -0.39 is 0 Å². The Labute approximate surface area is 133 Å². The summed E-state index contributed by atoms with van der Waals surface area (Å²) in [6.45, 7) is 6.18. The van der Waals surface area contributed by atoms with Crippen LogP contribution < -0.4 is 10.6 Å². The Hall–Kier alpha value is -1.26. The van der Waals surface area contributed by atoms with Gasteiger partial charge in [0.1, 0.15) is 0 Å². The van der Waals surface area contributed by atoms with Crippen LogP contribution in [0.1, 0.15) is 32.3 Å². The van der Waals surface area contributed by atoms with Crippen molar-refractivity contribution in [1.29, 1.82) is 0 Å². The third-order valence-electron chi connectivity index (χ3n) is 3.50. The number of amides is 1. The summed E-state index contributed by atoms with van der Waals surface area (Å²) in [5.41, 5.74) is 8.87. The fourth-order valence-electron chi connectivity index (χ4n) is 2.52. The average Bonchev–Trinajstić information content (AvgIpc) is 2.43. The van der Waals surface area contributed by atoms with Crippen LogP contribution in [-0.4, -0.2) is 25.7 Å². The lowest BCUT2D eigenvalue weighted by molar-refractivity contribution is -0.119. The minimum Gasteiger partial charge on any atom is -0.398 e. The first kappa shape index (κ1) is 17.8. The Morgan fingerprint density at radius 2 is 2.19 bits per heavy atom. The van der Waals surface area contributed by atoms with Gasteiger partial charge < -0.3 is 15.4 Å². The van der Waals surface area contributed by atoms with Crippen LogP contribution in [0.5, 0.6) is 0 Å². The van der Waals surface area contributed by atoms with Gasteiger partial charge in [-0.05, 0) is 36.5 Å². The maximum Gasteiger partial charge on any atom is 0.229 e. The van der Waals surface area contributed by atoms with Gasteiger partial charge in [-0.15, -0.1) is 12.4 Å². The van der Waals surface area contributed by atoms with E-state index in [1.807, 2.05) is 23.1 Å². The van der Waals surface area contributed by atoms with Crippen LogP contribution in [0, 0.1) is 5.92 Å². The van der Waals surface area contributed by atoms with Gasteiger partial charge in [-0.1, -0.05) is 19.9 Å². The lowest BCUT2D eigenvalue weighted by atomic mass is 9.99. The van der Waals surface area contributed by atoms with Gasteiger partial charge in [-0.2, -0.15) is 0 Å². The van der Waals surface area contributed by atoms with Crippen LogP contribution in [0.4, 0.5) is 11.4 Å². The van der Waals surface area contributed by atoms with E-state index >= 15 is 0 Å². The molecule has 0 saturated carbocycles. The summed E-state index contributed by atoms with van der Waals surface area (Å²) in [5, 5.41) is 0. The van der Waals surface area contributed by atoms with Gasteiger partial charge in [0.05, 0.1) is 13.0 Å². The van der Waals surface area contributed by atoms with E-state index in [0.717, 1.165) is 36.3 Å². The first-order chi connectivity index (χ1) is 9.59. The zero-order valence-corrected chi connectivity index (χ0v) is 13.6. The van der Waals surface area contributed by atoms with Crippen molar-refractivity contribution in [2.45, 2.75) is 33.1 Å². The molecule has 1 aliphatic heterocycles. The molecule has 0 aliphatic carbocycles. The molecule has 1 aliphatic rings. The van der Waals surface area contributed by atoms with E-state index in [1.165, 1.54) is 0 Å². The molecular formula is C16H25ClN2O2. The standard InChI is InChI=1S/C16H24N2O2.ClH/c1-12(2)11-20-10-8-16(19)18-9-4-5-13-14(17)6-3-7-15(13)18;/h3,6-7,12H,4-5,8-11,17H2,1-2H3;1H. The van der Waals surface area contributed by atoms with Crippen molar-refractivity contribution in [3.8, 4) is 0 Å². The molecule has 0 atom stereocenters. The molecule has 0 bridgehead atoms. The van der Waals surface area contributed by atoms with Crippen molar-refractivity contribution in [1.82, 2.24) is 0 Å². The average molecular weight is 313 g/mol. The van der Waals surface area contributed by atoms with E-state index in [1.54, 1.807) is 0 Å². The molecule has 2 rings (SSSR count). The summed E-state index contributed by atoms with van der Waals surface area (Å²) in [5.74, 6) is 0.626. The maximum absolute atomic E-state index is 12.3. The lowest BCUT2D eigenvalue weighted by Gasteiger charge is -2.30. The lowest BCUT2D eigenvalue weighted by Crippen LogP contribution is -2.36. The minimum absolute atomic E-state index is 0. The fraction of sp³-hybridized carbons (Fsp3) is 0.562. The van der Waals surface area contributed by atoms with Crippen LogP contribution in [0.15, 0.2) is 18.2 Å². The molecule has 0 spiro atoms. The summed E-state index contributed by atoms with van der Waals surface area (Å²) >= 11 is 0. The molecule has 4 nitrogen and oxygen atoms in total. The molecule has 5 heteroatoms. The number of anilines is 2. The normalized spacial score (nSPS) is 13.8. The number of nitrogen functional groups attached to an aromatic ring is 1. The molecule has 0 radical (unpaired) electrons. The number of nitrogens with two attached hydrogens (primary N) is 1. The number of ether oxygens (including phenoxy) is 1. The number of benzene rings is 1. The number of nitrogens with zero attached hydrogens (tertiary/aromatic N) is 1. The molecule has 0 aromatic heterocycles. The zero-order chi connectivity index (χ0) is 14.5. The number of halogens is 1. The molecule has 1 heterocycles. The van der Waals surface area contributed by atoms with Crippen molar-refractivity contribution in [3.05, 3.63) is 23.8 Å². The summed E-state index contributed by atoms with van der Waals surface area (Å²) in [6, 6.07) is 5.80. The highest BCUT2D eigenvalue weighted by atomic mass is 35.5. The summed E-state index contributed by atoms with van der Waals surface area (Å²) in [4.78, 5) is 14.2. The van der Waals surface area contributed by atoms with Crippen LogP contribution in [0.25, 0.3) is 0 Å². The highest BCUT2D eigenvalue weighted by molar-refractivity contribution is 5.95. The van der Waals surface area contributed by atoms with Crippen molar-refractivity contribution >= 4 is 29.7 Å². The number of rotatable bonds is 5. The zero-order valence-electron chi connectivity index (χ0n) is 12.8. The van der Waals surface area contributed by atoms with E-state index in [9.17, 15) is 4.79 Å². The molecule has 2 N–H and O–H groups in total. The molecule has 118 valence electrons. The molecule has 1 aromatic rings. The van der Waals surface area contributed by atoms with E-state index in [0.29, 0.717) is 25.6 Å². The predicted octanol–water partition coefficient (Wildman–Crippen LogP) is 3.03. The molecular weight excluding hydrogens is 288 g/mol. The van der Waals surface area contributed by atoms with Crippen molar-refractivity contribution in [2.75, 3.05) is 30.4 Å². The molecule has 1 amide bonds. The number of hydrogen-bond acceptors (Lipinski definition) is 3. The van der Waals surface area contributed by atoms with Crippen LogP contribution in [-0.2, 0) is 16.0 Å². The van der Waals surface area contributed by atoms with Crippen molar-refractivity contribution in [2.24, 2.45) is 5.92 Å². The van der Waals surface area contributed by atoms with E-state index in [4.69, 9.17) is 10.5 Å². The number of fused-ring (bicyclic) bond motifs is 1. The number of hydrogen-bond donors (Lipinski definition) is 1. The summed E-state index contributed by atoms with van der Waals surface area (Å²) in [7, 11) is 0. The molecule has 1 aromatic carbocycles. The topological polar surface area (TPSA) is 55.6 Å². The Morgan fingerprint density at radius 3 is 2.90 bits per heavy atom. The molecule has 0 saturated heterocycles. The molecule has 21 heavy (non-hydrogen) atoms. The van der Waals surface area contributed by atoms with E-state index in [2.05, 4.69) is 13.8 Å². The second-order valence-corrected chi connectivity index (χ2v) is 5.71. The highest BCUT2D eigenvalue weighted by Gasteiger charge is 2.23. The van der Waals surface area contributed by atoms with Crippen molar-refractivity contribution in [3.63, 3.8) is 0 Å².